The number of aryl methyl sites for hydroxylation is 2. The van der Waals surface area contributed by atoms with Crippen LogP contribution in [0.2, 0.25) is 0 Å². The fourth-order valence-electron chi connectivity index (χ4n) is 4.98. The van der Waals surface area contributed by atoms with Gasteiger partial charge in [0.05, 0.1) is 18.3 Å². The first-order chi connectivity index (χ1) is 19.4. The van der Waals surface area contributed by atoms with Crippen LogP contribution in [0.3, 0.4) is 0 Å². The number of unbranched alkanes of at least 4 members (excludes halogenated alkanes) is 1. The van der Waals surface area contributed by atoms with E-state index in [4.69, 9.17) is 9.47 Å². The molecule has 2 aromatic carbocycles. The molecule has 0 amide bonds. The standard InChI is InChI=1S/C33H42O7/c1-24-13-14-26(23-34)21-32(24)39-19-20-40-33(38)12-8-3-2-7-11-28-29(31(37)22-30(28)36)18-17-27(35)16-15-25-9-5-4-6-10-25/h2,4-7,9-10,13-14,17-18,21,23,27-31,35-37H,3,8,11-12,15-16,19-20,22H2,1H3/t27?,28-,29-,30+,31-/m1/s1. The van der Waals surface area contributed by atoms with Crippen molar-refractivity contribution in [2.75, 3.05) is 13.2 Å². The van der Waals surface area contributed by atoms with Crippen LogP contribution in [0, 0.1) is 18.8 Å². The van der Waals surface area contributed by atoms with Gasteiger partial charge < -0.3 is 24.8 Å². The van der Waals surface area contributed by atoms with Crippen molar-refractivity contribution in [1.82, 2.24) is 0 Å². The lowest BCUT2D eigenvalue weighted by Crippen LogP contribution is -2.20. The number of aldehydes is 1. The molecular weight excluding hydrogens is 508 g/mol. The number of allylic oxidation sites excluding steroid dienone is 2. The Balaban J connectivity index is 1.32. The average Bonchev–Trinajstić information content (AvgIpc) is 3.23. The molecule has 7 heteroatoms. The van der Waals surface area contributed by atoms with Crippen LogP contribution in [-0.4, -0.2) is 59.1 Å². The SMILES string of the molecule is Cc1ccc(C=O)cc1OCCOC(=O)CCCC=CC[C@@H]1[C@@H](C=CC(O)CCc2ccccc2)[C@H](O)C[C@@H]1O. The van der Waals surface area contributed by atoms with Crippen LogP contribution in [0.4, 0.5) is 0 Å². The molecule has 5 atom stereocenters. The van der Waals surface area contributed by atoms with Gasteiger partial charge in [0.1, 0.15) is 25.2 Å². The molecule has 40 heavy (non-hydrogen) atoms. The molecule has 0 aliphatic heterocycles. The van der Waals surface area contributed by atoms with Crippen LogP contribution >= 0.6 is 0 Å². The van der Waals surface area contributed by atoms with Gasteiger partial charge in [-0.2, -0.15) is 0 Å². The summed E-state index contributed by atoms with van der Waals surface area (Å²) in [5, 5.41) is 31.3. The summed E-state index contributed by atoms with van der Waals surface area (Å²) in [5.74, 6) is -0.0269. The summed E-state index contributed by atoms with van der Waals surface area (Å²) in [6.45, 7) is 2.23. The third-order valence-corrected chi connectivity index (χ3v) is 7.32. The first-order valence-electron chi connectivity index (χ1n) is 14.1. The van der Waals surface area contributed by atoms with Gasteiger partial charge >= 0.3 is 5.97 Å². The Labute approximate surface area is 237 Å². The van der Waals surface area contributed by atoms with Gasteiger partial charge in [-0.1, -0.05) is 66.8 Å². The Hall–Kier alpha value is -3.26. The molecule has 1 saturated carbocycles. The highest BCUT2D eigenvalue weighted by atomic mass is 16.6. The molecule has 1 aliphatic rings. The number of hydrogen-bond acceptors (Lipinski definition) is 7. The maximum Gasteiger partial charge on any atom is 0.305 e. The lowest BCUT2D eigenvalue weighted by atomic mass is 9.89. The van der Waals surface area contributed by atoms with Crippen molar-refractivity contribution in [3.8, 4) is 5.75 Å². The maximum absolute atomic E-state index is 12.0. The lowest BCUT2D eigenvalue weighted by molar-refractivity contribution is -0.144. The van der Waals surface area contributed by atoms with Crippen molar-refractivity contribution >= 4 is 12.3 Å². The van der Waals surface area contributed by atoms with Crippen molar-refractivity contribution in [2.45, 2.75) is 70.2 Å². The molecule has 7 nitrogen and oxygen atoms in total. The highest BCUT2D eigenvalue weighted by Gasteiger charge is 2.39. The average molecular weight is 551 g/mol. The largest absolute Gasteiger partial charge is 0.490 e. The summed E-state index contributed by atoms with van der Waals surface area (Å²) < 4.78 is 10.8. The van der Waals surface area contributed by atoms with E-state index in [-0.39, 0.29) is 31.0 Å². The fraction of sp³-hybridized carbons (Fsp3) is 0.455. The van der Waals surface area contributed by atoms with Gasteiger partial charge in [-0.15, -0.1) is 0 Å². The summed E-state index contributed by atoms with van der Waals surface area (Å²) in [6, 6.07) is 15.2. The Kier molecular flexibility index (Phi) is 13.1. The molecule has 3 rings (SSSR count). The van der Waals surface area contributed by atoms with E-state index >= 15 is 0 Å². The predicted octanol–water partition coefficient (Wildman–Crippen LogP) is 4.75. The molecule has 216 valence electrons. The molecule has 0 saturated heterocycles. The first-order valence-corrected chi connectivity index (χ1v) is 14.1. The quantitative estimate of drug-likeness (QED) is 0.120. The smallest absolute Gasteiger partial charge is 0.305 e. The van der Waals surface area contributed by atoms with Gasteiger partial charge in [0.15, 0.2) is 0 Å². The molecular formula is C33H42O7. The Morgan fingerprint density at radius 1 is 1.07 bits per heavy atom. The fourth-order valence-corrected chi connectivity index (χ4v) is 4.98. The Bertz CT molecular complexity index is 1110. The summed E-state index contributed by atoms with van der Waals surface area (Å²) in [6.07, 6.45) is 10.4. The maximum atomic E-state index is 12.0. The van der Waals surface area contributed by atoms with Crippen molar-refractivity contribution in [3.63, 3.8) is 0 Å². The Morgan fingerprint density at radius 2 is 1.88 bits per heavy atom. The number of rotatable bonds is 16. The molecule has 0 spiro atoms. The molecule has 0 bridgehead atoms. The van der Waals surface area contributed by atoms with E-state index in [1.807, 2.05) is 61.5 Å². The molecule has 1 fully saturated rings. The molecule has 0 heterocycles. The van der Waals surface area contributed by atoms with Crippen molar-refractivity contribution in [1.29, 1.82) is 0 Å². The van der Waals surface area contributed by atoms with E-state index in [2.05, 4.69) is 0 Å². The zero-order valence-corrected chi connectivity index (χ0v) is 23.2. The number of carbonyl (C=O) groups is 2. The number of ether oxygens (including phenoxy) is 2. The van der Waals surface area contributed by atoms with Crippen LogP contribution in [0.15, 0.2) is 72.8 Å². The number of esters is 1. The van der Waals surface area contributed by atoms with Crippen LogP contribution in [0.1, 0.15) is 60.0 Å². The van der Waals surface area contributed by atoms with Crippen LogP contribution in [0.25, 0.3) is 0 Å². The second-order valence-electron chi connectivity index (χ2n) is 10.4. The zero-order valence-electron chi connectivity index (χ0n) is 23.2. The van der Waals surface area contributed by atoms with Crippen LogP contribution < -0.4 is 4.74 Å². The molecule has 1 unspecified atom stereocenters. The Morgan fingerprint density at radius 3 is 2.65 bits per heavy atom. The number of aliphatic hydroxyl groups is 3. The minimum absolute atomic E-state index is 0.121. The van der Waals surface area contributed by atoms with Gasteiger partial charge in [-0.3, -0.25) is 9.59 Å². The first kappa shape index (κ1) is 31.3. The highest BCUT2D eigenvalue weighted by Crippen LogP contribution is 2.36. The summed E-state index contributed by atoms with van der Waals surface area (Å²) in [5.41, 5.74) is 2.61. The monoisotopic (exact) mass is 550 g/mol. The van der Waals surface area contributed by atoms with Gasteiger partial charge in [0, 0.05) is 24.3 Å². The zero-order chi connectivity index (χ0) is 28.7. The topological polar surface area (TPSA) is 113 Å². The van der Waals surface area contributed by atoms with Crippen molar-refractivity contribution in [3.05, 3.63) is 89.5 Å². The third-order valence-electron chi connectivity index (χ3n) is 7.32. The summed E-state index contributed by atoms with van der Waals surface area (Å²) >= 11 is 0. The van der Waals surface area contributed by atoms with E-state index in [1.54, 1.807) is 18.2 Å². The number of carbonyl (C=O) groups excluding carboxylic acids is 2. The lowest BCUT2D eigenvalue weighted by Gasteiger charge is -2.19. The van der Waals surface area contributed by atoms with E-state index in [0.29, 0.717) is 49.8 Å². The minimum atomic E-state index is -0.636. The van der Waals surface area contributed by atoms with Gasteiger partial charge in [-0.25, -0.2) is 0 Å². The van der Waals surface area contributed by atoms with Crippen molar-refractivity contribution < 1.29 is 34.4 Å². The summed E-state index contributed by atoms with van der Waals surface area (Å²) in [4.78, 5) is 22.9. The third kappa shape index (κ3) is 10.4. The van der Waals surface area contributed by atoms with E-state index in [1.165, 1.54) is 5.56 Å². The van der Waals surface area contributed by atoms with Gasteiger partial charge in [0.25, 0.3) is 0 Å². The van der Waals surface area contributed by atoms with E-state index < -0.39 is 18.3 Å². The molecule has 0 radical (unpaired) electrons. The second-order valence-corrected chi connectivity index (χ2v) is 10.4. The number of hydrogen-bond donors (Lipinski definition) is 3. The van der Waals surface area contributed by atoms with Crippen molar-refractivity contribution in [2.24, 2.45) is 11.8 Å². The predicted molar refractivity (Wildman–Crippen MR) is 154 cm³/mol. The molecule has 0 aromatic heterocycles. The van der Waals surface area contributed by atoms with E-state index in [9.17, 15) is 24.9 Å². The van der Waals surface area contributed by atoms with Crippen LogP contribution in [0.5, 0.6) is 5.75 Å². The molecule has 2 aromatic rings. The van der Waals surface area contributed by atoms with Gasteiger partial charge in [0.2, 0.25) is 0 Å². The summed E-state index contributed by atoms with van der Waals surface area (Å²) in [7, 11) is 0. The van der Waals surface area contributed by atoms with Gasteiger partial charge in [-0.05, 0) is 62.1 Å². The number of aliphatic hydroxyl groups excluding tert-OH is 3. The normalized spacial score (nSPS) is 21.6. The number of benzene rings is 2. The molecule has 1 aliphatic carbocycles. The van der Waals surface area contributed by atoms with E-state index in [0.717, 1.165) is 18.3 Å². The minimum Gasteiger partial charge on any atom is -0.490 e. The second kappa shape index (κ2) is 16.8. The molecule has 3 N–H and O–H groups in total. The highest BCUT2D eigenvalue weighted by molar-refractivity contribution is 5.75. The van der Waals surface area contributed by atoms with Crippen LogP contribution in [-0.2, 0) is 16.0 Å².